The second kappa shape index (κ2) is 1.98. The van der Waals surface area contributed by atoms with Crippen LogP contribution in [0, 0.1) is 0 Å². The topological polar surface area (TPSA) is 40.7 Å². The molecule has 0 radical (unpaired) electrons. The van der Waals surface area contributed by atoms with Crippen molar-refractivity contribution in [3.8, 4) is 0 Å². The highest BCUT2D eigenvalue weighted by Crippen LogP contribution is 2.18. The number of hydrogen-bond donors (Lipinski definition) is 2. The molecule has 0 saturated carbocycles. The van der Waals surface area contributed by atoms with Crippen molar-refractivity contribution in [2.75, 3.05) is 12.4 Å². The Kier molecular flexibility index (Phi) is 1.14. The number of fused-ring (bicyclic) bond motifs is 1. The first-order valence-corrected chi connectivity index (χ1v) is 3.89. The molecular formula is C6H7N3S. The van der Waals surface area contributed by atoms with Gasteiger partial charge in [0.15, 0.2) is 0 Å². The average molecular weight is 153 g/mol. The normalized spacial score (nSPS) is 10.5. The van der Waals surface area contributed by atoms with E-state index in [2.05, 4.69) is 15.3 Å². The third kappa shape index (κ3) is 0.690. The lowest BCUT2D eigenvalue weighted by Gasteiger charge is -1.86. The number of H-pyrrole nitrogens is 1. The van der Waals surface area contributed by atoms with Crippen LogP contribution in [0.15, 0.2) is 11.4 Å². The van der Waals surface area contributed by atoms with Gasteiger partial charge in [-0.2, -0.15) is 0 Å². The van der Waals surface area contributed by atoms with Crippen molar-refractivity contribution < 1.29 is 0 Å². The lowest BCUT2D eigenvalue weighted by molar-refractivity contribution is 1.28. The van der Waals surface area contributed by atoms with E-state index in [0.29, 0.717) is 0 Å². The molecule has 2 N–H and O–H groups in total. The molecule has 3 nitrogen and oxygen atoms in total. The van der Waals surface area contributed by atoms with Crippen molar-refractivity contribution in [3.63, 3.8) is 0 Å². The van der Waals surface area contributed by atoms with Gasteiger partial charge >= 0.3 is 0 Å². The average Bonchev–Trinajstić information content (AvgIpc) is 2.42. The summed E-state index contributed by atoms with van der Waals surface area (Å²) in [5, 5.41) is 4.96. The third-order valence-electron chi connectivity index (χ3n) is 1.35. The summed E-state index contributed by atoms with van der Waals surface area (Å²) in [4.78, 5) is 8.42. The maximum Gasteiger partial charge on any atom is 0.201 e. The van der Waals surface area contributed by atoms with E-state index in [1.165, 1.54) is 0 Å². The molecule has 2 aromatic heterocycles. The summed E-state index contributed by atoms with van der Waals surface area (Å²) in [6.45, 7) is 0. The van der Waals surface area contributed by atoms with Crippen LogP contribution in [0.5, 0.6) is 0 Å². The van der Waals surface area contributed by atoms with E-state index in [1.54, 1.807) is 11.3 Å². The summed E-state index contributed by atoms with van der Waals surface area (Å²) >= 11 is 1.64. The van der Waals surface area contributed by atoms with Gasteiger partial charge in [0.2, 0.25) is 5.95 Å². The largest absolute Gasteiger partial charge is 0.359 e. The second-order valence-corrected chi connectivity index (χ2v) is 2.87. The molecule has 0 aliphatic rings. The van der Waals surface area contributed by atoms with Crippen LogP contribution in [0.3, 0.4) is 0 Å². The first-order valence-electron chi connectivity index (χ1n) is 3.01. The van der Waals surface area contributed by atoms with Crippen LogP contribution in [-0.4, -0.2) is 17.0 Å². The molecule has 2 rings (SSSR count). The smallest absolute Gasteiger partial charge is 0.201 e. The molecule has 2 heterocycles. The van der Waals surface area contributed by atoms with Gasteiger partial charge in [0.05, 0.1) is 5.52 Å². The number of rotatable bonds is 1. The van der Waals surface area contributed by atoms with E-state index >= 15 is 0 Å². The molecule has 0 spiro atoms. The molecule has 0 aliphatic carbocycles. The zero-order valence-corrected chi connectivity index (χ0v) is 6.33. The van der Waals surface area contributed by atoms with Gasteiger partial charge in [0.1, 0.15) is 4.83 Å². The van der Waals surface area contributed by atoms with Crippen LogP contribution in [0.4, 0.5) is 5.95 Å². The summed E-state index contributed by atoms with van der Waals surface area (Å²) in [6, 6.07) is 2.02. The summed E-state index contributed by atoms with van der Waals surface area (Å²) in [7, 11) is 1.85. The van der Waals surface area contributed by atoms with Gasteiger partial charge in [-0.25, -0.2) is 4.98 Å². The Balaban J connectivity index is 2.67. The molecule has 0 bridgehead atoms. The molecule has 0 saturated heterocycles. The quantitative estimate of drug-likeness (QED) is 0.654. The fraction of sp³-hybridized carbons (Fsp3) is 0.167. The highest BCUT2D eigenvalue weighted by molar-refractivity contribution is 7.16. The minimum Gasteiger partial charge on any atom is -0.359 e. The minimum atomic E-state index is 0.835. The van der Waals surface area contributed by atoms with Crippen molar-refractivity contribution in [1.29, 1.82) is 0 Å². The minimum absolute atomic E-state index is 0.835. The molecule has 0 unspecified atom stereocenters. The highest BCUT2D eigenvalue weighted by atomic mass is 32.1. The van der Waals surface area contributed by atoms with Gasteiger partial charge < -0.3 is 10.3 Å². The van der Waals surface area contributed by atoms with E-state index in [0.717, 1.165) is 16.3 Å². The van der Waals surface area contributed by atoms with Gasteiger partial charge in [-0.15, -0.1) is 11.3 Å². The van der Waals surface area contributed by atoms with Crippen LogP contribution >= 0.6 is 11.3 Å². The number of thiophene rings is 1. The maximum absolute atomic E-state index is 4.24. The maximum atomic E-state index is 4.24. The summed E-state index contributed by atoms with van der Waals surface area (Å²) in [6.07, 6.45) is 0. The van der Waals surface area contributed by atoms with Crippen molar-refractivity contribution in [3.05, 3.63) is 11.4 Å². The molecule has 52 valence electrons. The van der Waals surface area contributed by atoms with Crippen molar-refractivity contribution in [2.45, 2.75) is 0 Å². The Morgan fingerprint density at radius 1 is 1.70 bits per heavy atom. The van der Waals surface area contributed by atoms with E-state index in [-0.39, 0.29) is 0 Å². The molecule has 0 fully saturated rings. The summed E-state index contributed by atoms with van der Waals surface area (Å²) < 4.78 is 0. The van der Waals surface area contributed by atoms with Gasteiger partial charge in [-0.1, -0.05) is 0 Å². The van der Waals surface area contributed by atoms with Crippen LogP contribution < -0.4 is 5.32 Å². The van der Waals surface area contributed by atoms with Crippen LogP contribution in [0.2, 0.25) is 0 Å². The number of hydrogen-bond acceptors (Lipinski definition) is 3. The van der Waals surface area contributed by atoms with E-state index < -0.39 is 0 Å². The Bertz CT molecular complexity index is 307. The van der Waals surface area contributed by atoms with Crippen LogP contribution in [-0.2, 0) is 0 Å². The molecule has 2 aromatic rings. The molecule has 4 heteroatoms. The Labute approximate surface area is 62.1 Å². The SMILES string of the molecule is CNc1nc2sccc2[nH]1. The fourth-order valence-electron chi connectivity index (χ4n) is 0.858. The predicted molar refractivity (Wildman–Crippen MR) is 43.5 cm³/mol. The first kappa shape index (κ1) is 5.73. The summed E-state index contributed by atoms with van der Waals surface area (Å²) in [5.74, 6) is 0.835. The van der Waals surface area contributed by atoms with Gasteiger partial charge in [-0.05, 0) is 11.4 Å². The van der Waals surface area contributed by atoms with Gasteiger partial charge in [-0.3, -0.25) is 0 Å². The molecule has 0 atom stereocenters. The molecular weight excluding hydrogens is 146 g/mol. The molecule has 0 aliphatic heterocycles. The van der Waals surface area contributed by atoms with E-state index in [9.17, 15) is 0 Å². The summed E-state index contributed by atoms with van der Waals surface area (Å²) in [5.41, 5.74) is 1.11. The Morgan fingerprint density at radius 3 is 3.30 bits per heavy atom. The van der Waals surface area contributed by atoms with E-state index in [4.69, 9.17) is 0 Å². The second-order valence-electron chi connectivity index (χ2n) is 1.97. The lowest BCUT2D eigenvalue weighted by atomic mass is 10.6. The zero-order chi connectivity index (χ0) is 6.97. The van der Waals surface area contributed by atoms with Crippen molar-refractivity contribution >= 4 is 27.6 Å². The molecule has 0 aromatic carbocycles. The van der Waals surface area contributed by atoms with Crippen LogP contribution in [0.1, 0.15) is 0 Å². The van der Waals surface area contributed by atoms with Gasteiger partial charge in [0, 0.05) is 7.05 Å². The Hall–Kier alpha value is -1.03. The van der Waals surface area contributed by atoms with Crippen molar-refractivity contribution in [2.24, 2.45) is 0 Å². The lowest BCUT2D eigenvalue weighted by Crippen LogP contribution is -1.88. The number of aromatic nitrogens is 2. The first-order chi connectivity index (χ1) is 4.90. The number of aromatic amines is 1. The van der Waals surface area contributed by atoms with Crippen molar-refractivity contribution in [1.82, 2.24) is 9.97 Å². The van der Waals surface area contributed by atoms with Gasteiger partial charge in [0.25, 0.3) is 0 Å². The van der Waals surface area contributed by atoms with Crippen LogP contribution in [0.25, 0.3) is 10.3 Å². The standard InChI is InChI=1S/C6H7N3S/c1-7-6-8-4-2-3-10-5(4)9-6/h2-3H,1H3,(H2,7,8,9). The van der Waals surface area contributed by atoms with E-state index in [1.807, 2.05) is 18.5 Å². The fourth-order valence-corrected chi connectivity index (χ4v) is 1.58. The predicted octanol–water partition coefficient (Wildman–Crippen LogP) is 1.67. The number of anilines is 1. The number of nitrogens with one attached hydrogen (secondary N) is 2. The monoisotopic (exact) mass is 153 g/mol. The Morgan fingerprint density at radius 2 is 2.60 bits per heavy atom. The highest BCUT2D eigenvalue weighted by Gasteiger charge is 1.99. The zero-order valence-electron chi connectivity index (χ0n) is 5.51. The number of imidazole rings is 1. The molecule has 10 heavy (non-hydrogen) atoms. The number of nitrogens with zero attached hydrogens (tertiary/aromatic N) is 1. The third-order valence-corrected chi connectivity index (χ3v) is 2.15. The molecule has 0 amide bonds.